The zero-order chi connectivity index (χ0) is 13.0. The molecule has 0 spiro atoms. The molecule has 0 amide bonds. The van der Waals surface area contributed by atoms with Gasteiger partial charge in [0.15, 0.2) is 0 Å². The molecule has 1 aromatic carbocycles. The number of hydrogen-bond donors (Lipinski definition) is 1. The molecule has 1 aromatic rings. The van der Waals surface area contributed by atoms with Crippen LogP contribution in [0.5, 0.6) is 0 Å². The summed E-state index contributed by atoms with van der Waals surface area (Å²) >= 11 is 0. The van der Waals surface area contributed by atoms with Gasteiger partial charge in [0.05, 0.1) is 6.54 Å². The van der Waals surface area contributed by atoms with Crippen LogP contribution in [0.2, 0.25) is 0 Å². The molecule has 0 aliphatic heterocycles. The van der Waals surface area contributed by atoms with E-state index in [1.807, 2.05) is 0 Å². The van der Waals surface area contributed by atoms with Crippen molar-refractivity contribution in [2.75, 3.05) is 18.0 Å². The summed E-state index contributed by atoms with van der Waals surface area (Å²) in [7, 11) is 0. The summed E-state index contributed by atoms with van der Waals surface area (Å²) in [4.78, 5) is 2.29. The van der Waals surface area contributed by atoms with Crippen LogP contribution in [0.15, 0.2) is 24.3 Å². The molecule has 0 bridgehead atoms. The topological polar surface area (TPSA) is 29.3 Å². The molecule has 2 nitrogen and oxygen atoms in total. The van der Waals surface area contributed by atoms with Crippen LogP contribution in [0.3, 0.4) is 0 Å². The smallest absolute Gasteiger partial charge is 0.0791 e. The second-order valence-corrected chi connectivity index (χ2v) is 5.13. The average Bonchev–Trinajstić information content (AvgIpc) is 3.21. The standard InChI is InChI=1S/C16H22N2/c1-3-11-18(12-13-5-6-13)15-9-7-14(8-10-15)16(17)4-2/h1,7-10,13,16H,4-6,11-12,17H2,2H3/t16-/m0/s1. The van der Waals surface area contributed by atoms with Crippen LogP contribution in [0, 0.1) is 18.3 Å². The predicted molar refractivity (Wildman–Crippen MR) is 77.4 cm³/mol. The van der Waals surface area contributed by atoms with Crippen LogP contribution in [0.4, 0.5) is 5.69 Å². The van der Waals surface area contributed by atoms with Crippen LogP contribution in [0.1, 0.15) is 37.8 Å². The Kier molecular flexibility index (Phi) is 4.28. The van der Waals surface area contributed by atoms with Gasteiger partial charge in [-0.25, -0.2) is 0 Å². The highest BCUT2D eigenvalue weighted by Gasteiger charge is 2.24. The first kappa shape index (κ1) is 13.0. The lowest BCUT2D eigenvalue weighted by Gasteiger charge is -2.23. The fourth-order valence-electron chi connectivity index (χ4n) is 2.15. The second kappa shape index (κ2) is 5.93. The lowest BCUT2D eigenvalue weighted by Crippen LogP contribution is -2.26. The van der Waals surface area contributed by atoms with Gasteiger partial charge in [0.2, 0.25) is 0 Å². The van der Waals surface area contributed by atoms with E-state index in [-0.39, 0.29) is 6.04 Å². The van der Waals surface area contributed by atoms with Crippen molar-refractivity contribution in [2.45, 2.75) is 32.2 Å². The Balaban J connectivity index is 2.07. The van der Waals surface area contributed by atoms with E-state index in [1.54, 1.807) is 0 Å². The molecule has 1 saturated carbocycles. The minimum atomic E-state index is 0.142. The molecular formula is C16H22N2. The van der Waals surface area contributed by atoms with E-state index in [0.29, 0.717) is 6.54 Å². The number of nitrogens with zero attached hydrogens (tertiary/aromatic N) is 1. The molecule has 2 heteroatoms. The number of anilines is 1. The average molecular weight is 242 g/mol. The zero-order valence-corrected chi connectivity index (χ0v) is 11.1. The van der Waals surface area contributed by atoms with E-state index < -0.39 is 0 Å². The Morgan fingerprint density at radius 1 is 1.39 bits per heavy atom. The molecule has 18 heavy (non-hydrogen) atoms. The van der Waals surface area contributed by atoms with Crippen molar-refractivity contribution < 1.29 is 0 Å². The maximum absolute atomic E-state index is 6.02. The molecule has 0 unspecified atom stereocenters. The third-order valence-corrected chi connectivity index (χ3v) is 3.58. The minimum absolute atomic E-state index is 0.142. The first-order valence-corrected chi connectivity index (χ1v) is 6.78. The Morgan fingerprint density at radius 2 is 2.06 bits per heavy atom. The first-order valence-electron chi connectivity index (χ1n) is 6.78. The van der Waals surface area contributed by atoms with Crippen LogP contribution in [-0.4, -0.2) is 13.1 Å². The molecule has 2 N–H and O–H groups in total. The van der Waals surface area contributed by atoms with Crippen molar-refractivity contribution in [3.63, 3.8) is 0 Å². The monoisotopic (exact) mass is 242 g/mol. The van der Waals surface area contributed by atoms with Crippen molar-refractivity contribution >= 4 is 5.69 Å². The molecule has 1 atom stereocenters. The molecular weight excluding hydrogens is 220 g/mol. The summed E-state index contributed by atoms with van der Waals surface area (Å²) in [6.07, 6.45) is 9.11. The van der Waals surface area contributed by atoms with Gasteiger partial charge >= 0.3 is 0 Å². The highest BCUT2D eigenvalue weighted by Crippen LogP contribution is 2.31. The van der Waals surface area contributed by atoms with Gasteiger partial charge in [-0.15, -0.1) is 6.42 Å². The normalized spacial score (nSPS) is 16.1. The van der Waals surface area contributed by atoms with Crippen LogP contribution < -0.4 is 10.6 Å². The van der Waals surface area contributed by atoms with E-state index >= 15 is 0 Å². The molecule has 0 aromatic heterocycles. The third-order valence-electron chi connectivity index (χ3n) is 3.58. The molecule has 0 heterocycles. The van der Waals surface area contributed by atoms with Crippen molar-refractivity contribution in [3.05, 3.63) is 29.8 Å². The Labute approximate surface area is 110 Å². The zero-order valence-electron chi connectivity index (χ0n) is 11.1. The maximum Gasteiger partial charge on any atom is 0.0791 e. The van der Waals surface area contributed by atoms with Crippen molar-refractivity contribution in [3.8, 4) is 12.3 Å². The Bertz CT molecular complexity index is 412. The highest BCUT2D eigenvalue weighted by atomic mass is 15.1. The number of rotatable bonds is 6. The van der Waals surface area contributed by atoms with E-state index in [1.165, 1.54) is 24.1 Å². The Hall–Kier alpha value is -1.46. The molecule has 96 valence electrons. The predicted octanol–water partition coefficient (Wildman–Crippen LogP) is 2.95. The third kappa shape index (κ3) is 3.27. The molecule has 2 rings (SSSR count). The van der Waals surface area contributed by atoms with Gasteiger partial charge in [-0.2, -0.15) is 0 Å². The summed E-state index contributed by atoms with van der Waals surface area (Å²) < 4.78 is 0. The quantitative estimate of drug-likeness (QED) is 0.777. The van der Waals surface area contributed by atoms with Crippen molar-refractivity contribution in [1.82, 2.24) is 0 Å². The molecule has 1 fully saturated rings. The van der Waals surface area contributed by atoms with E-state index in [0.717, 1.165) is 18.9 Å². The summed E-state index contributed by atoms with van der Waals surface area (Å²) in [5.41, 5.74) is 8.44. The van der Waals surface area contributed by atoms with Gasteiger partial charge in [-0.3, -0.25) is 0 Å². The fraction of sp³-hybridized carbons (Fsp3) is 0.500. The largest absolute Gasteiger partial charge is 0.360 e. The number of nitrogens with two attached hydrogens (primary N) is 1. The second-order valence-electron chi connectivity index (χ2n) is 5.13. The van der Waals surface area contributed by atoms with Gasteiger partial charge in [-0.1, -0.05) is 25.0 Å². The van der Waals surface area contributed by atoms with Crippen LogP contribution in [-0.2, 0) is 0 Å². The van der Waals surface area contributed by atoms with E-state index in [9.17, 15) is 0 Å². The van der Waals surface area contributed by atoms with Gasteiger partial charge in [-0.05, 0) is 42.9 Å². The number of terminal acetylenes is 1. The molecule has 0 saturated heterocycles. The van der Waals surface area contributed by atoms with Gasteiger partial charge in [0.25, 0.3) is 0 Å². The van der Waals surface area contributed by atoms with E-state index in [2.05, 4.69) is 42.0 Å². The summed E-state index contributed by atoms with van der Waals surface area (Å²) in [5.74, 6) is 3.59. The molecule has 0 radical (unpaired) electrons. The van der Waals surface area contributed by atoms with Crippen molar-refractivity contribution in [1.29, 1.82) is 0 Å². The molecule has 1 aliphatic rings. The summed E-state index contributed by atoms with van der Waals surface area (Å²) in [6.45, 7) is 3.88. The van der Waals surface area contributed by atoms with Crippen LogP contribution >= 0.6 is 0 Å². The first-order chi connectivity index (χ1) is 8.74. The lowest BCUT2D eigenvalue weighted by molar-refractivity contribution is 0.698. The van der Waals surface area contributed by atoms with Gasteiger partial charge < -0.3 is 10.6 Å². The van der Waals surface area contributed by atoms with Crippen molar-refractivity contribution in [2.24, 2.45) is 11.7 Å². The molecule has 1 aliphatic carbocycles. The Morgan fingerprint density at radius 3 is 2.56 bits per heavy atom. The number of benzene rings is 1. The van der Waals surface area contributed by atoms with Gasteiger partial charge in [0.1, 0.15) is 0 Å². The van der Waals surface area contributed by atoms with Gasteiger partial charge in [0, 0.05) is 18.3 Å². The summed E-state index contributed by atoms with van der Waals surface area (Å²) in [5, 5.41) is 0. The maximum atomic E-state index is 6.02. The van der Waals surface area contributed by atoms with Crippen LogP contribution in [0.25, 0.3) is 0 Å². The lowest BCUT2D eigenvalue weighted by atomic mass is 10.0. The summed E-state index contributed by atoms with van der Waals surface area (Å²) in [6, 6.07) is 8.68. The highest BCUT2D eigenvalue weighted by molar-refractivity contribution is 5.49. The number of hydrogen-bond acceptors (Lipinski definition) is 2. The fourth-order valence-corrected chi connectivity index (χ4v) is 2.15. The van der Waals surface area contributed by atoms with E-state index in [4.69, 9.17) is 12.2 Å². The minimum Gasteiger partial charge on any atom is -0.360 e. The SMILES string of the molecule is C#CCN(CC1CC1)c1ccc([C@@H](N)CC)cc1.